The number of alkyl carbamates (subject to hydrolysis) is 1. The van der Waals surface area contributed by atoms with Crippen LogP contribution in [0.4, 0.5) is 9.18 Å². The van der Waals surface area contributed by atoms with Gasteiger partial charge in [0.15, 0.2) is 0 Å². The highest BCUT2D eigenvalue weighted by Gasteiger charge is 2.18. The zero-order chi connectivity index (χ0) is 20.0. The van der Waals surface area contributed by atoms with E-state index in [1.165, 1.54) is 12.1 Å². The Morgan fingerprint density at radius 1 is 1.26 bits per heavy atom. The van der Waals surface area contributed by atoms with Gasteiger partial charge in [-0.05, 0) is 58.0 Å². The van der Waals surface area contributed by atoms with Gasteiger partial charge in [0.1, 0.15) is 11.4 Å². The molecule has 0 spiro atoms. The predicted molar refractivity (Wildman–Crippen MR) is 104 cm³/mol. The Labute approximate surface area is 164 Å². The molecule has 1 amide bonds. The fourth-order valence-electron chi connectivity index (χ4n) is 2.21. The van der Waals surface area contributed by atoms with Crippen LogP contribution >= 0.6 is 11.6 Å². The molecular formula is C21H22ClFN2O2. The quantitative estimate of drug-likeness (QED) is 0.773. The predicted octanol–water partition coefficient (Wildman–Crippen LogP) is 4.73. The number of rotatable bonds is 3. The molecule has 0 radical (unpaired) electrons. The third-order valence-electron chi connectivity index (χ3n) is 3.38. The summed E-state index contributed by atoms with van der Waals surface area (Å²) in [5.41, 5.74) is 1.46. The lowest BCUT2D eigenvalue weighted by atomic mass is 10.1. The van der Waals surface area contributed by atoms with Gasteiger partial charge in [0, 0.05) is 29.8 Å². The van der Waals surface area contributed by atoms with Crippen molar-refractivity contribution < 1.29 is 13.9 Å². The first-order chi connectivity index (χ1) is 12.6. The van der Waals surface area contributed by atoms with Crippen LogP contribution in [0.5, 0.6) is 0 Å². The average Bonchev–Trinajstić information content (AvgIpc) is 2.54. The first-order valence-electron chi connectivity index (χ1n) is 8.54. The molecular weight excluding hydrogens is 367 g/mol. The number of carbonyl (C=O) groups is 1. The molecule has 2 aromatic rings. The molecule has 1 N–H and O–H groups in total. The first kappa shape index (κ1) is 20.7. The van der Waals surface area contributed by atoms with Crippen LogP contribution in [0.15, 0.2) is 36.5 Å². The van der Waals surface area contributed by atoms with Gasteiger partial charge in [-0.1, -0.05) is 23.4 Å². The van der Waals surface area contributed by atoms with Crippen LogP contribution in [0.25, 0.3) is 0 Å². The summed E-state index contributed by atoms with van der Waals surface area (Å²) in [5.74, 6) is 5.58. The lowest BCUT2D eigenvalue weighted by molar-refractivity contribution is 0.0508. The number of amides is 1. The van der Waals surface area contributed by atoms with E-state index in [9.17, 15) is 9.18 Å². The normalized spacial score (nSPS) is 11.9. The summed E-state index contributed by atoms with van der Waals surface area (Å²) in [6.07, 6.45) is 1.61. The molecule has 1 unspecified atom stereocenters. The van der Waals surface area contributed by atoms with Crippen molar-refractivity contribution in [2.24, 2.45) is 0 Å². The van der Waals surface area contributed by atoms with Crippen LogP contribution in [0.1, 0.15) is 44.5 Å². The van der Waals surface area contributed by atoms with E-state index < -0.39 is 11.7 Å². The lowest BCUT2D eigenvalue weighted by Gasteiger charge is -2.22. The van der Waals surface area contributed by atoms with Gasteiger partial charge in [-0.25, -0.2) is 9.18 Å². The molecule has 0 saturated carbocycles. The Balaban J connectivity index is 2.00. The van der Waals surface area contributed by atoms with Gasteiger partial charge >= 0.3 is 6.09 Å². The number of nitrogens with zero attached hydrogens (tertiary/aromatic N) is 1. The van der Waals surface area contributed by atoms with Crippen molar-refractivity contribution in [1.82, 2.24) is 10.3 Å². The number of hydrogen-bond donors (Lipinski definition) is 1. The summed E-state index contributed by atoms with van der Waals surface area (Å²) >= 11 is 6.30. The summed E-state index contributed by atoms with van der Waals surface area (Å²) < 4.78 is 18.1. The summed E-state index contributed by atoms with van der Waals surface area (Å²) in [6.45, 7) is 7.27. The number of carbonyl (C=O) groups excluding carboxylic acids is 1. The van der Waals surface area contributed by atoms with Crippen molar-refractivity contribution in [3.05, 3.63) is 64.2 Å². The number of aromatic nitrogens is 1. The van der Waals surface area contributed by atoms with Crippen LogP contribution in [-0.2, 0) is 11.2 Å². The Bertz CT molecular complexity index is 864. The Morgan fingerprint density at radius 2 is 1.89 bits per heavy atom. The molecule has 2 rings (SSSR count). The van der Waals surface area contributed by atoms with Gasteiger partial charge < -0.3 is 10.1 Å². The Morgan fingerprint density at radius 3 is 2.48 bits per heavy atom. The number of ether oxygens (including phenoxy) is 1. The highest BCUT2D eigenvalue weighted by molar-refractivity contribution is 6.31. The standard InChI is InChI=1S/C21H22ClFN2O2/c1-14(25-20(26)27-21(2,3)4)11-19-18(22)12-16(13-24-19)6-5-15-7-9-17(23)10-8-15/h7-10,12-14H,11H2,1-4H3,(H,25,26). The minimum Gasteiger partial charge on any atom is -0.444 e. The van der Waals surface area contributed by atoms with Crippen LogP contribution in [0, 0.1) is 17.7 Å². The van der Waals surface area contributed by atoms with Gasteiger partial charge in [-0.3, -0.25) is 4.98 Å². The minimum absolute atomic E-state index is 0.194. The van der Waals surface area contributed by atoms with E-state index in [1.807, 2.05) is 6.92 Å². The van der Waals surface area contributed by atoms with Gasteiger partial charge in [0.25, 0.3) is 0 Å². The fourth-order valence-corrected chi connectivity index (χ4v) is 2.46. The highest BCUT2D eigenvalue weighted by atomic mass is 35.5. The molecule has 0 fully saturated rings. The molecule has 0 saturated heterocycles. The molecule has 1 heterocycles. The molecule has 1 aromatic carbocycles. The number of hydrogen-bond acceptors (Lipinski definition) is 3. The molecule has 27 heavy (non-hydrogen) atoms. The zero-order valence-corrected chi connectivity index (χ0v) is 16.5. The maximum atomic E-state index is 12.9. The topological polar surface area (TPSA) is 51.2 Å². The molecule has 0 bridgehead atoms. The lowest BCUT2D eigenvalue weighted by Crippen LogP contribution is -2.38. The fraction of sp³-hybridized carbons (Fsp3) is 0.333. The van der Waals surface area contributed by atoms with Crippen molar-refractivity contribution in [2.45, 2.75) is 45.8 Å². The second kappa shape index (κ2) is 8.88. The van der Waals surface area contributed by atoms with Crippen molar-refractivity contribution in [3.8, 4) is 11.8 Å². The molecule has 0 aliphatic carbocycles. The molecule has 0 aliphatic rings. The van der Waals surface area contributed by atoms with Crippen molar-refractivity contribution >= 4 is 17.7 Å². The number of pyridine rings is 1. The number of nitrogens with one attached hydrogen (secondary N) is 1. The van der Waals surface area contributed by atoms with Gasteiger partial charge in [-0.2, -0.15) is 0 Å². The van der Waals surface area contributed by atoms with Crippen molar-refractivity contribution in [2.75, 3.05) is 0 Å². The molecule has 1 atom stereocenters. The molecule has 1 aromatic heterocycles. The van der Waals surface area contributed by atoms with E-state index in [2.05, 4.69) is 22.1 Å². The van der Waals surface area contributed by atoms with E-state index >= 15 is 0 Å². The smallest absolute Gasteiger partial charge is 0.407 e. The van der Waals surface area contributed by atoms with E-state index in [-0.39, 0.29) is 11.9 Å². The third-order valence-corrected chi connectivity index (χ3v) is 3.70. The van der Waals surface area contributed by atoms with Crippen molar-refractivity contribution in [3.63, 3.8) is 0 Å². The SMILES string of the molecule is CC(Cc1ncc(C#Cc2ccc(F)cc2)cc1Cl)NC(=O)OC(C)(C)C. The van der Waals surface area contributed by atoms with Crippen LogP contribution in [-0.4, -0.2) is 22.7 Å². The Kier molecular flexibility index (Phi) is 6.81. The van der Waals surface area contributed by atoms with Crippen LogP contribution in [0.3, 0.4) is 0 Å². The van der Waals surface area contributed by atoms with Crippen molar-refractivity contribution in [1.29, 1.82) is 0 Å². The van der Waals surface area contributed by atoms with Gasteiger partial charge in [-0.15, -0.1) is 0 Å². The van der Waals surface area contributed by atoms with Crippen LogP contribution in [0.2, 0.25) is 5.02 Å². The first-order valence-corrected chi connectivity index (χ1v) is 8.92. The summed E-state index contributed by atoms with van der Waals surface area (Å²) in [6, 6.07) is 7.46. The largest absolute Gasteiger partial charge is 0.444 e. The van der Waals surface area contributed by atoms with Gasteiger partial charge in [0.2, 0.25) is 0 Å². The molecule has 0 aliphatic heterocycles. The van der Waals surface area contributed by atoms with E-state index in [1.54, 1.807) is 45.2 Å². The zero-order valence-electron chi connectivity index (χ0n) is 15.8. The number of benzene rings is 1. The summed E-state index contributed by atoms with van der Waals surface area (Å²) in [5, 5.41) is 3.23. The maximum absolute atomic E-state index is 12.9. The minimum atomic E-state index is -0.551. The molecule has 4 nitrogen and oxygen atoms in total. The molecule has 142 valence electrons. The van der Waals surface area contributed by atoms with Gasteiger partial charge in [0.05, 0.1) is 10.7 Å². The second-order valence-corrected chi connectivity index (χ2v) is 7.57. The van der Waals surface area contributed by atoms with E-state index in [0.717, 1.165) is 0 Å². The van der Waals surface area contributed by atoms with E-state index in [4.69, 9.17) is 16.3 Å². The number of halogens is 2. The highest BCUT2D eigenvalue weighted by Crippen LogP contribution is 2.17. The Hall–Kier alpha value is -2.58. The monoisotopic (exact) mass is 388 g/mol. The average molecular weight is 389 g/mol. The third kappa shape index (κ3) is 7.28. The second-order valence-electron chi connectivity index (χ2n) is 7.16. The summed E-state index contributed by atoms with van der Waals surface area (Å²) in [7, 11) is 0. The maximum Gasteiger partial charge on any atom is 0.407 e. The molecule has 6 heteroatoms. The van der Waals surface area contributed by atoms with E-state index in [0.29, 0.717) is 28.3 Å². The van der Waals surface area contributed by atoms with Crippen LogP contribution < -0.4 is 5.32 Å². The summed E-state index contributed by atoms with van der Waals surface area (Å²) in [4.78, 5) is 16.2.